The molecule has 0 bridgehead atoms. The summed E-state index contributed by atoms with van der Waals surface area (Å²) < 4.78 is 1.84. The van der Waals surface area contributed by atoms with Crippen molar-refractivity contribution in [3.63, 3.8) is 0 Å². The number of aromatic amines is 1. The lowest BCUT2D eigenvalue weighted by molar-refractivity contribution is 0.532. The Morgan fingerprint density at radius 2 is 2.19 bits per heavy atom. The van der Waals surface area contributed by atoms with Crippen molar-refractivity contribution in [1.82, 2.24) is 20.0 Å². The molecule has 2 heterocycles. The van der Waals surface area contributed by atoms with Gasteiger partial charge in [0, 0.05) is 18.3 Å². The zero-order valence-corrected chi connectivity index (χ0v) is 9.14. The van der Waals surface area contributed by atoms with Crippen LogP contribution in [0.3, 0.4) is 0 Å². The number of nitrogens with one attached hydrogen (secondary N) is 2. The van der Waals surface area contributed by atoms with E-state index in [2.05, 4.69) is 20.6 Å². The molecule has 0 saturated carbocycles. The average molecular weight is 219 g/mol. The third-order valence-electron chi connectivity index (χ3n) is 2.08. The van der Waals surface area contributed by atoms with Gasteiger partial charge in [0.05, 0.1) is 23.8 Å². The largest absolute Gasteiger partial charge is 0.351 e. The monoisotopic (exact) mass is 219 g/mol. The Hall–Kier alpha value is -2.11. The van der Waals surface area contributed by atoms with Gasteiger partial charge in [0.1, 0.15) is 0 Å². The normalized spacial score (nSPS) is 10.7. The number of hydrogen-bond acceptors (Lipinski definition) is 4. The predicted molar refractivity (Wildman–Crippen MR) is 60.8 cm³/mol. The standard InChI is InChI=1S/C10H13N5O/c1-7(2)15-6-9(5-12-15)13-8-3-10(16)14-11-4-8/h3-7H,1-2H3,(H2,13,14,16). The van der Waals surface area contributed by atoms with Crippen molar-refractivity contribution < 1.29 is 0 Å². The van der Waals surface area contributed by atoms with Crippen molar-refractivity contribution in [2.24, 2.45) is 0 Å². The number of aromatic nitrogens is 4. The number of H-pyrrole nitrogens is 1. The van der Waals surface area contributed by atoms with Crippen LogP contribution >= 0.6 is 0 Å². The molecule has 0 atom stereocenters. The summed E-state index contributed by atoms with van der Waals surface area (Å²) in [7, 11) is 0. The number of anilines is 2. The van der Waals surface area contributed by atoms with E-state index < -0.39 is 0 Å². The topological polar surface area (TPSA) is 75.6 Å². The maximum Gasteiger partial charge on any atom is 0.266 e. The van der Waals surface area contributed by atoms with Crippen LogP contribution in [0, 0.1) is 0 Å². The highest BCUT2D eigenvalue weighted by Crippen LogP contribution is 2.14. The van der Waals surface area contributed by atoms with Crippen molar-refractivity contribution in [1.29, 1.82) is 0 Å². The van der Waals surface area contributed by atoms with Crippen molar-refractivity contribution >= 4 is 11.4 Å². The van der Waals surface area contributed by atoms with Gasteiger partial charge < -0.3 is 5.32 Å². The molecule has 0 aliphatic rings. The molecule has 0 aromatic carbocycles. The summed E-state index contributed by atoms with van der Waals surface area (Å²) in [6.45, 7) is 4.09. The lowest BCUT2D eigenvalue weighted by Gasteiger charge is -2.03. The Labute approximate surface area is 92.3 Å². The van der Waals surface area contributed by atoms with Gasteiger partial charge in [0.2, 0.25) is 0 Å². The Morgan fingerprint density at radius 3 is 2.81 bits per heavy atom. The fourth-order valence-electron chi connectivity index (χ4n) is 1.30. The van der Waals surface area contributed by atoms with E-state index in [4.69, 9.17) is 0 Å². The first-order valence-corrected chi connectivity index (χ1v) is 5.01. The van der Waals surface area contributed by atoms with E-state index >= 15 is 0 Å². The lowest BCUT2D eigenvalue weighted by Crippen LogP contribution is -2.06. The molecule has 2 aromatic rings. The number of rotatable bonds is 3. The molecule has 0 aliphatic carbocycles. The fraction of sp³-hybridized carbons (Fsp3) is 0.300. The Balaban J connectivity index is 2.17. The van der Waals surface area contributed by atoms with E-state index in [-0.39, 0.29) is 5.56 Å². The summed E-state index contributed by atoms with van der Waals surface area (Å²) in [6.07, 6.45) is 5.14. The van der Waals surface area contributed by atoms with Crippen molar-refractivity contribution in [3.8, 4) is 0 Å². The molecule has 2 aromatic heterocycles. The molecule has 0 aliphatic heterocycles. The van der Waals surface area contributed by atoms with Gasteiger partial charge in [-0.3, -0.25) is 9.48 Å². The van der Waals surface area contributed by atoms with Gasteiger partial charge in [0.25, 0.3) is 5.56 Å². The summed E-state index contributed by atoms with van der Waals surface area (Å²) in [5.74, 6) is 0. The summed E-state index contributed by atoms with van der Waals surface area (Å²) in [6, 6.07) is 1.76. The summed E-state index contributed by atoms with van der Waals surface area (Å²) >= 11 is 0. The molecular formula is C10H13N5O. The first kappa shape index (κ1) is 10.4. The molecule has 0 spiro atoms. The molecule has 0 unspecified atom stereocenters. The second-order valence-electron chi connectivity index (χ2n) is 3.76. The zero-order chi connectivity index (χ0) is 11.5. The molecule has 0 amide bonds. The van der Waals surface area contributed by atoms with Crippen LogP contribution in [-0.2, 0) is 0 Å². The van der Waals surface area contributed by atoms with Crippen LogP contribution < -0.4 is 10.9 Å². The third-order valence-corrected chi connectivity index (χ3v) is 2.08. The van der Waals surface area contributed by atoms with Gasteiger partial charge in [-0.25, -0.2) is 5.10 Å². The average Bonchev–Trinajstić information content (AvgIpc) is 2.66. The summed E-state index contributed by atoms with van der Waals surface area (Å²) in [5.41, 5.74) is 1.24. The SMILES string of the molecule is CC(C)n1cc(Nc2cn[nH]c(=O)c2)cn1. The predicted octanol–water partition coefficient (Wildman–Crippen LogP) is 1.29. The summed E-state index contributed by atoms with van der Waals surface area (Å²) in [5, 5.41) is 13.2. The number of nitrogens with zero attached hydrogens (tertiary/aromatic N) is 3. The summed E-state index contributed by atoms with van der Waals surface area (Å²) in [4.78, 5) is 11.0. The van der Waals surface area contributed by atoms with Gasteiger partial charge in [0.15, 0.2) is 0 Å². The maximum atomic E-state index is 11.0. The highest BCUT2D eigenvalue weighted by atomic mass is 16.1. The van der Waals surface area contributed by atoms with Crippen LogP contribution in [0.1, 0.15) is 19.9 Å². The van der Waals surface area contributed by atoms with E-state index in [0.717, 1.165) is 5.69 Å². The zero-order valence-electron chi connectivity index (χ0n) is 9.14. The Bertz CT molecular complexity index is 528. The van der Waals surface area contributed by atoms with E-state index in [0.29, 0.717) is 11.7 Å². The van der Waals surface area contributed by atoms with Crippen LogP contribution in [0.2, 0.25) is 0 Å². The molecule has 2 rings (SSSR count). The molecule has 0 saturated heterocycles. The molecule has 0 fully saturated rings. The smallest absolute Gasteiger partial charge is 0.266 e. The Morgan fingerprint density at radius 1 is 1.38 bits per heavy atom. The molecule has 16 heavy (non-hydrogen) atoms. The van der Waals surface area contributed by atoms with Crippen LogP contribution in [-0.4, -0.2) is 20.0 Å². The maximum absolute atomic E-state index is 11.0. The Kier molecular flexibility index (Phi) is 2.72. The quantitative estimate of drug-likeness (QED) is 0.815. The van der Waals surface area contributed by atoms with Gasteiger partial charge >= 0.3 is 0 Å². The molecular weight excluding hydrogens is 206 g/mol. The first-order valence-electron chi connectivity index (χ1n) is 5.01. The van der Waals surface area contributed by atoms with Crippen LogP contribution in [0.4, 0.5) is 11.4 Å². The highest BCUT2D eigenvalue weighted by Gasteiger charge is 2.02. The minimum Gasteiger partial charge on any atom is -0.351 e. The molecule has 84 valence electrons. The van der Waals surface area contributed by atoms with Crippen LogP contribution in [0.5, 0.6) is 0 Å². The van der Waals surface area contributed by atoms with E-state index in [9.17, 15) is 4.79 Å². The fourth-order valence-corrected chi connectivity index (χ4v) is 1.30. The number of hydrogen-bond donors (Lipinski definition) is 2. The van der Waals surface area contributed by atoms with Gasteiger partial charge in [-0.15, -0.1) is 0 Å². The molecule has 6 heteroatoms. The van der Waals surface area contributed by atoms with Crippen LogP contribution in [0.15, 0.2) is 29.5 Å². The minimum absolute atomic E-state index is 0.235. The second kappa shape index (κ2) is 4.18. The minimum atomic E-state index is -0.235. The van der Waals surface area contributed by atoms with Gasteiger partial charge in [-0.2, -0.15) is 10.2 Å². The van der Waals surface area contributed by atoms with Crippen molar-refractivity contribution in [2.75, 3.05) is 5.32 Å². The molecule has 0 radical (unpaired) electrons. The third kappa shape index (κ3) is 2.28. The van der Waals surface area contributed by atoms with E-state index in [1.165, 1.54) is 6.07 Å². The van der Waals surface area contributed by atoms with Crippen molar-refractivity contribution in [3.05, 3.63) is 35.0 Å². The van der Waals surface area contributed by atoms with Gasteiger partial charge in [-0.1, -0.05) is 0 Å². The van der Waals surface area contributed by atoms with Crippen LogP contribution in [0.25, 0.3) is 0 Å². The molecule has 6 nitrogen and oxygen atoms in total. The lowest BCUT2D eigenvalue weighted by atomic mass is 10.4. The van der Waals surface area contributed by atoms with E-state index in [1.807, 2.05) is 24.7 Å². The van der Waals surface area contributed by atoms with Crippen molar-refractivity contribution in [2.45, 2.75) is 19.9 Å². The molecule has 2 N–H and O–H groups in total. The first-order chi connectivity index (χ1) is 7.65. The van der Waals surface area contributed by atoms with Gasteiger partial charge in [-0.05, 0) is 13.8 Å². The van der Waals surface area contributed by atoms with E-state index in [1.54, 1.807) is 12.4 Å². The second-order valence-corrected chi connectivity index (χ2v) is 3.76. The highest BCUT2D eigenvalue weighted by molar-refractivity contribution is 5.56.